The molecule has 0 bridgehead atoms. The summed E-state index contributed by atoms with van der Waals surface area (Å²) < 4.78 is 69.7. The number of H-pyrrole nitrogens is 1. The average Bonchev–Trinajstić information content (AvgIpc) is 3.18. The Hall–Kier alpha value is -2.45. The molecule has 3 heterocycles. The van der Waals surface area contributed by atoms with E-state index in [2.05, 4.69) is 21.3 Å². The van der Waals surface area contributed by atoms with E-state index in [4.69, 9.17) is 4.74 Å². The molecule has 162 valence electrons. The van der Waals surface area contributed by atoms with E-state index < -0.39 is 43.0 Å². The maximum atomic E-state index is 13.2. The number of ether oxygens (including phenoxy) is 1. The molecule has 0 radical (unpaired) electrons. The maximum absolute atomic E-state index is 13.2. The van der Waals surface area contributed by atoms with Crippen LogP contribution >= 0.6 is 0 Å². The normalized spacial score (nSPS) is 23.2. The molecule has 2 unspecified atom stereocenters. The number of nitrogens with one attached hydrogen (secondary N) is 1. The predicted molar refractivity (Wildman–Crippen MR) is 100.0 cm³/mol. The van der Waals surface area contributed by atoms with Gasteiger partial charge in [0.15, 0.2) is 5.03 Å². The largest absolute Gasteiger partial charge is 0.433 e. The molecule has 0 amide bonds. The quantitative estimate of drug-likeness (QED) is 0.773. The summed E-state index contributed by atoms with van der Waals surface area (Å²) in [6, 6.07) is 6.62. The number of nitriles is 1. The van der Waals surface area contributed by atoms with Crippen molar-refractivity contribution in [1.29, 1.82) is 5.26 Å². The second-order valence-electron chi connectivity index (χ2n) is 8.07. The fourth-order valence-corrected chi connectivity index (χ4v) is 4.97. The molecule has 2 atom stereocenters. The summed E-state index contributed by atoms with van der Waals surface area (Å²) in [7, 11) is -4.19. The smallest absolute Gasteiger partial charge is 0.372 e. The van der Waals surface area contributed by atoms with Crippen molar-refractivity contribution in [2.75, 3.05) is 6.61 Å². The van der Waals surface area contributed by atoms with Crippen molar-refractivity contribution < 1.29 is 26.3 Å². The standard InChI is InChI=1S/C19H21F3N4O3S/c1-17(2,11-23)15-9-12(25-26-15)13-10-18(3,7-8-29-13)30(27,28)16-6-4-5-14(24-16)19(20,21)22/h4-6,9,13H,7-8,10H2,1-3H3,(H,25,26). The van der Waals surface area contributed by atoms with Gasteiger partial charge in [0, 0.05) is 6.61 Å². The average molecular weight is 442 g/mol. The number of hydrogen-bond acceptors (Lipinski definition) is 6. The van der Waals surface area contributed by atoms with Crippen molar-refractivity contribution in [3.63, 3.8) is 0 Å². The highest BCUT2D eigenvalue weighted by Gasteiger charge is 2.47. The van der Waals surface area contributed by atoms with Gasteiger partial charge in [0.2, 0.25) is 9.84 Å². The van der Waals surface area contributed by atoms with Crippen LogP contribution in [0.5, 0.6) is 0 Å². The molecule has 0 aromatic carbocycles. The van der Waals surface area contributed by atoms with Crippen LogP contribution in [0.25, 0.3) is 0 Å². The van der Waals surface area contributed by atoms with E-state index in [0.717, 1.165) is 18.2 Å². The maximum Gasteiger partial charge on any atom is 0.433 e. The van der Waals surface area contributed by atoms with Crippen molar-refractivity contribution in [3.8, 4) is 6.07 Å². The van der Waals surface area contributed by atoms with Gasteiger partial charge in [-0.25, -0.2) is 13.4 Å². The highest BCUT2D eigenvalue weighted by atomic mass is 32.2. The van der Waals surface area contributed by atoms with Crippen molar-refractivity contribution in [3.05, 3.63) is 41.3 Å². The summed E-state index contributed by atoms with van der Waals surface area (Å²) >= 11 is 0. The second-order valence-corrected chi connectivity index (χ2v) is 10.5. The lowest BCUT2D eigenvalue weighted by Crippen LogP contribution is -2.42. The molecule has 0 spiro atoms. The highest BCUT2D eigenvalue weighted by molar-refractivity contribution is 7.92. The van der Waals surface area contributed by atoms with E-state index in [0.29, 0.717) is 11.4 Å². The fourth-order valence-electron chi connectivity index (χ4n) is 3.27. The first-order chi connectivity index (χ1) is 13.8. The molecule has 1 aliphatic heterocycles. The van der Waals surface area contributed by atoms with Gasteiger partial charge in [0.25, 0.3) is 0 Å². The molecular weight excluding hydrogens is 421 g/mol. The van der Waals surface area contributed by atoms with Gasteiger partial charge in [-0.1, -0.05) is 6.07 Å². The third-order valence-corrected chi connectivity index (χ3v) is 7.82. The third-order valence-electron chi connectivity index (χ3n) is 5.37. The molecule has 0 aliphatic carbocycles. The number of rotatable bonds is 4. The molecular formula is C19H21F3N4O3S. The van der Waals surface area contributed by atoms with Crippen LogP contribution < -0.4 is 0 Å². The first-order valence-electron chi connectivity index (χ1n) is 9.18. The lowest BCUT2D eigenvalue weighted by Gasteiger charge is -2.37. The number of halogens is 3. The van der Waals surface area contributed by atoms with Gasteiger partial charge < -0.3 is 4.74 Å². The summed E-state index contributed by atoms with van der Waals surface area (Å²) in [5.74, 6) is 0. The number of nitrogens with zero attached hydrogens (tertiary/aromatic N) is 3. The fraction of sp³-hybridized carbons (Fsp3) is 0.526. The van der Waals surface area contributed by atoms with Gasteiger partial charge in [0.05, 0.1) is 27.6 Å². The SMILES string of the molecule is CC(C)(C#N)c1cc(C2CC(C)(S(=O)(=O)c3cccc(C(F)(F)F)n3)CCO2)[nH]n1. The van der Waals surface area contributed by atoms with Gasteiger partial charge in [-0.05, 0) is 51.8 Å². The molecule has 1 N–H and O–H groups in total. The van der Waals surface area contributed by atoms with Crippen LogP contribution in [0.1, 0.15) is 56.8 Å². The molecule has 1 aliphatic rings. The Kier molecular flexibility index (Phi) is 5.45. The first kappa shape index (κ1) is 22.2. The van der Waals surface area contributed by atoms with Gasteiger partial charge in [0.1, 0.15) is 11.8 Å². The van der Waals surface area contributed by atoms with Crippen LogP contribution in [-0.2, 0) is 26.2 Å². The molecule has 1 fully saturated rings. The molecule has 7 nitrogen and oxygen atoms in total. The van der Waals surface area contributed by atoms with Gasteiger partial charge in [-0.3, -0.25) is 5.10 Å². The zero-order valence-corrected chi connectivity index (χ0v) is 17.4. The first-order valence-corrected chi connectivity index (χ1v) is 10.7. The zero-order chi connectivity index (χ0) is 22.4. The van der Waals surface area contributed by atoms with Crippen LogP contribution in [0.2, 0.25) is 0 Å². The van der Waals surface area contributed by atoms with Crippen molar-refractivity contribution in [1.82, 2.24) is 15.2 Å². The minimum absolute atomic E-state index is 0.00186. The Morgan fingerprint density at radius 2 is 2.00 bits per heavy atom. The minimum atomic E-state index is -4.75. The van der Waals surface area contributed by atoms with E-state index in [1.807, 2.05) is 0 Å². The van der Waals surface area contributed by atoms with Crippen LogP contribution in [0.3, 0.4) is 0 Å². The van der Waals surface area contributed by atoms with Crippen molar-refractivity contribution in [2.45, 2.75) is 61.1 Å². The molecule has 2 aromatic rings. The number of aromatic amines is 1. The lowest BCUT2D eigenvalue weighted by atomic mass is 9.90. The Labute approximate surface area is 172 Å². The number of hydrogen-bond donors (Lipinski definition) is 1. The highest BCUT2D eigenvalue weighted by Crippen LogP contribution is 2.42. The predicted octanol–water partition coefficient (Wildman–Crippen LogP) is 3.71. The summed E-state index contributed by atoms with van der Waals surface area (Å²) in [6.07, 6.45) is -5.30. The van der Waals surface area contributed by atoms with E-state index in [9.17, 15) is 26.9 Å². The monoisotopic (exact) mass is 442 g/mol. The lowest BCUT2D eigenvalue weighted by molar-refractivity contribution is -0.141. The summed E-state index contributed by atoms with van der Waals surface area (Å²) in [4.78, 5) is 3.37. The van der Waals surface area contributed by atoms with E-state index in [1.165, 1.54) is 6.92 Å². The van der Waals surface area contributed by atoms with Gasteiger partial charge in [-0.2, -0.15) is 23.5 Å². The zero-order valence-electron chi connectivity index (χ0n) is 16.6. The van der Waals surface area contributed by atoms with E-state index in [-0.39, 0.29) is 19.4 Å². The van der Waals surface area contributed by atoms with Crippen molar-refractivity contribution in [2.24, 2.45) is 0 Å². The summed E-state index contributed by atoms with van der Waals surface area (Å²) in [5, 5.41) is 15.6. The molecule has 0 saturated carbocycles. The Morgan fingerprint density at radius 3 is 2.63 bits per heavy atom. The van der Waals surface area contributed by atoms with Crippen LogP contribution in [0.15, 0.2) is 29.3 Å². The number of alkyl halides is 3. The molecule has 11 heteroatoms. The van der Waals surface area contributed by atoms with Crippen LogP contribution in [0, 0.1) is 11.3 Å². The Balaban J connectivity index is 1.92. The third kappa shape index (κ3) is 3.94. The van der Waals surface area contributed by atoms with Crippen LogP contribution in [-0.4, -0.2) is 35.0 Å². The van der Waals surface area contributed by atoms with E-state index >= 15 is 0 Å². The van der Waals surface area contributed by atoms with Crippen LogP contribution in [0.4, 0.5) is 13.2 Å². The number of sulfone groups is 1. The summed E-state index contributed by atoms with van der Waals surface area (Å²) in [5.41, 5.74) is -1.11. The molecule has 1 saturated heterocycles. The number of pyridine rings is 1. The minimum Gasteiger partial charge on any atom is -0.372 e. The molecule has 30 heavy (non-hydrogen) atoms. The van der Waals surface area contributed by atoms with E-state index in [1.54, 1.807) is 19.9 Å². The molecule has 3 rings (SSSR count). The van der Waals surface area contributed by atoms with Crippen molar-refractivity contribution >= 4 is 9.84 Å². The molecule has 2 aromatic heterocycles. The summed E-state index contributed by atoms with van der Waals surface area (Å²) in [6.45, 7) is 4.97. The van der Waals surface area contributed by atoms with Gasteiger partial charge >= 0.3 is 6.18 Å². The second kappa shape index (κ2) is 7.35. The topological polar surface area (TPSA) is 109 Å². The number of aromatic nitrogens is 3. The Bertz CT molecular complexity index is 1090. The Morgan fingerprint density at radius 1 is 1.30 bits per heavy atom. The van der Waals surface area contributed by atoms with Gasteiger partial charge in [-0.15, -0.1) is 0 Å².